The number of benzene rings is 2. The van der Waals surface area contributed by atoms with E-state index < -0.39 is 10.8 Å². The Morgan fingerprint density at radius 3 is 2.62 bits per heavy atom. The van der Waals surface area contributed by atoms with Crippen molar-refractivity contribution in [3.05, 3.63) is 68.7 Å². The van der Waals surface area contributed by atoms with Crippen LogP contribution in [-0.2, 0) is 11.4 Å². The summed E-state index contributed by atoms with van der Waals surface area (Å²) in [5.74, 6) is 5.26. The SMILES string of the molecule is COc1cc(/C=C/C(=O)NN)cc(Cl)c1OCc1ccc([N+](=O)[O-])cc1. The van der Waals surface area contributed by atoms with E-state index in [2.05, 4.69) is 0 Å². The van der Waals surface area contributed by atoms with E-state index >= 15 is 0 Å². The van der Waals surface area contributed by atoms with Gasteiger partial charge in [-0.05, 0) is 41.5 Å². The van der Waals surface area contributed by atoms with Crippen molar-refractivity contribution in [2.75, 3.05) is 7.11 Å². The van der Waals surface area contributed by atoms with Crippen LogP contribution in [0.15, 0.2) is 42.5 Å². The second kappa shape index (κ2) is 8.84. The van der Waals surface area contributed by atoms with Gasteiger partial charge in [-0.3, -0.25) is 20.3 Å². The molecule has 136 valence electrons. The van der Waals surface area contributed by atoms with E-state index in [-0.39, 0.29) is 12.3 Å². The van der Waals surface area contributed by atoms with Gasteiger partial charge in [0.05, 0.1) is 17.1 Å². The molecule has 0 heterocycles. The third kappa shape index (κ3) is 4.95. The van der Waals surface area contributed by atoms with Crippen molar-refractivity contribution in [3.63, 3.8) is 0 Å². The Kier molecular flexibility index (Phi) is 6.54. The number of amides is 1. The van der Waals surface area contributed by atoms with Crippen molar-refractivity contribution in [2.45, 2.75) is 6.61 Å². The van der Waals surface area contributed by atoms with Crippen molar-refractivity contribution >= 4 is 29.3 Å². The van der Waals surface area contributed by atoms with Crippen LogP contribution in [0.5, 0.6) is 11.5 Å². The average molecular weight is 378 g/mol. The topological polar surface area (TPSA) is 117 Å². The summed E-state index contributed by atoms with van der Waals surface area (Å²) in [5.41, 5.74) is 3.34. The summed E-state index contributed by atoms with van der Waals surface area (Å²) in [4.78, 5) is 21.4. The van der Waals surface area contributed by atoms with Gasteiger partial charge >= 0.3 is 0 Å². The number of methoxy groups -OCH3 is 1. The molecular formula is C17H16ClN3O5. The minimum absolute atomic E-state index is 0.00187. The molecule has 2 rings (SSSR count). The number of hydrazine groups is 1. The molecule has 0 unspecified atom stereocenters. The second-order valence-corrected chi connectivity index (χ2v) is 5.50. The molecule has 0 bridgehead atoms. The predicted octanol–water partition coefficient (Wildman–Crippen LogP) is 2.84. The Morgan fingerprint density at radius 1 is 1.35 bits per heavy atom. The molecule has 26 heavy (non-hydrogen) atoms. The van der Waals surface area contributed by atoms with E-state index in [0.29, 0.717) is 22.1 Å². The van der Waals surface area contributed by atoms with Crippen LogP contribution in [0.25, 0.3) is 6.08 Å². The third-order valence-electron chi connectivity index (χ3n) is 3.35. The van der Waals surface area contributed by atoms with E-state index in [9.17, 15) is 14.9 Å². The summed E-state index contributed by atoms with van der Waals surface area (Å²) in [5, 5.41) is 11.0. The Balaban J connectivity index is 2.17. The number of nitrogens with two attached hydrogens (primary N) is 1. The number of carbonyl (C=O) groups excluding carboxylic acids is 1. The molecule has 9 heteroatoms. The Morgan fingerprint density at radius 2 is 2.04 bits per heavy atom. The van der Waals surface area contributed by atoms with Gasteiger partial charge in [0.2, 0.25) is 0 Å². The van der Waals surface area contributed by atoms with E-state index in [1.165, 1.54) is 31.4 Å². The van der Waals surface area contributed by atoms with Crippen LogP contribution in [0.4, 0.5) is 5.69 Å². The highest BCUT2D eigenvalue weighted by atomic mass is 35.5. The Labute approximate surface area is 154 Å². The number of halogens is 1. The van der Waals surface area contributed by atoms with Crippen molar-refractivity contribution in [1.29, 1.82) is 0 Å². The van der Waals surface area contributed by atoms with Crippen LogP contribution >= 0.6 is 11.6 Å². The molecule has 2 aromatic rings. The van der Waals surface area contributed by atoms with Crippen molar-refractivity contribution in [1.82, 2.24) is 5.43 Å². The van der Waals surface area contributed by atoms with Crippen molar-refractivity contribution < 1.29 is 19.2 Å². The van der Waals surface area contributed by atoms with Crippen molar-refractivity contribution in [3.8, 4) is 11.5 Å². The molecule has 0 saturated heterocycles. The third-order valence-corrected chi connectivity index (χ3v) is 3.63. The maximum Gasteiger partial charge on any atom is 0.269 e. The number of nitrogens with one attached hydrogen (secondary N) is 1. The molecule has 3 N–H and O–H groups in total. The standard InChI is InChI=1S/C17H16ClN3O5/c1-25-15-9-12(4-7-16(22)20-19)8-14(18)17(15)26-10-11-2-5-13(6-3-11)21(23)24/h2-9H,10,19H2,1H3,(H,20,22)/b7-4+. The highest BCUT2D eigenvalue weighted by molar-refractivity contribution is 6.32. The van der Waals surface area contributed by atoms with Gasteiger partial charge in [-0.1, -0.05) is 11.6 Å². The fourth-order valence-corrected chi connectivity index (χ4v) is 2.34. The van der Waals surface area contributed by atoms with Gasteiger partial charge in [0.15, 0.2) is 11.5 Å². The molecule has 0 spiro atoms. The lowest BCUT2D eigenvalue weighted by Crippen LogP contribution is -2.27. The van der Waals surface area contributed by atoms with Gasteiger partial charge < -0.3 is 9.47 Å². The summed E-state index contributed by atoms with van der Waals surface area (Å²) in [7, 11) is 1.46. The summed E-state index contributed by atoms with van der Waals surface area (Å²) in [6, 6.07) is 9.25. The first-order valence-electron chi connectivity index (χ1n) is 7.37. The van der Waals surface area contributed by atoms with Gasteiger partial charge in [-0.15, -0.1) is 0 Å². The van der Waals surface area contributed by atoms with Crippen LogP contribution in [0, 0.1) is 10.1 Å². The van der Waals surface area contributed by atoms with Crippen LogP contribution in [0.2, 0.25) is 5.02 Å². The lowest BCUT2D eigenvalue weighted by atomic mass is 10.1. The number of nitro benzene ring substituents is 1. The lowest BCUT2D eigenvalue weighted by molar-refractivity contribution is -0.384. The van der Waals surface area contributed by atoms with Gasteiger partial charge in [0.25, 0.3) is 11.6 Å². The molecule has 0 aliphatic rings. The number of non-ortho nitro benzene ring substituents is 1. The van der Waals surface area contributed by atoms with Gasteiger partial charge in [0.1, 0.15) is 6.61 Å². The first-order valence-corrected chi connectivity index (χ1v) is 7.74. The number of nitro groups is 1. The quantitative estimate of drug-likeness (QED) is 0.252. The number of nitrogens with zero attached hydrogens (tertiary/aromatic N) is 1. The fraction of sp³-hybridized carbons (Fsp3) is 0.118. The summed E-state index contributed by atoms with van der Waals surface area (Å²) in [6.07, 6.45) is 2.78. The minimum atomic E-state index is -0.471. The number of hydrogen-bond acceptors (Lipinski definition) is 6. The van der Waals surface area contributed by atoms with Gasteiger partial charge in [-0.25, -0.2) is 5.84 Å². The molecule has 0 aliphatic heterocycles. The van der Waals surface area contributed by atoms with Crippen LogP contribution in [0.3, 0.4) is 0 Å². The average Bonchev–Trinajstić information content (AvgIpc) is 2.64. The van der Waals surface area contributed by atoms with Gasteiger partial charge in [-0.2, -0.15) is 0 Å². The molecule has 0 atom stereocenters. The van der Waals surface area contributed by atoms with Gasteiger partial charge in [0, 0.05) is 18.2 Å². The van der Waals surface area contributed by atoms with E-state index in [1.807, 2.05) is 5.43 Å². The smallest absolute Gasteiger partial charge is 0.269 e. The predicted molar refractivity (Wildman–Crippen MR) is 96.8 cm³/mol. The van der Waals surface area contributed by atoms with E-state index in [4.69, 9.17) is 26.9 Å². The number of rotatable bonds is 7. The first kappa shape index (κ1) is 19.2. The Bertz CT molecular complexity index is 837. The second-order valence-electron chi connectivity index (χ2n) is 5.09. The molecule has 0 aromatic heterocycles. The first-order chi connectivity index (χ1) is 12.4. The molecule has 2 aromatic carbocycles. The Hall–Kier alpha value is -3.10. The maximum absolute atomic E-state index is 11.2. The molecule has 0 fully saturated rings. The molecule has 0 aliphatic carbocycles. The molecule has 8 nitrogen and oxygen atoms in total. The molecular weight excluding hydrogens is 362 g/mol. The molecule has 0 saturated carbocycles. The monoisotopic (exact) mass is 377 g/mol. The molecule has 1 amide bonds. The fourth-order valence-electron chi connectivity index (χ4n) is 2.07. The zero-order chi connectivity index (χ0) is 19.1. The highest BCUT2D eigenvalue weighted by Gasteiger charge is 2.12. The minimum Gasteiger partial charge on any atom is -0.493 e. The summed E-state index contributed by atoms with van der Waals surface area (Å²) >= 11 is 6.24. The summed E-state index contributed by atoms with van der Waals surface area (Å²) in [6.45, 7) is 0.152. The van der Waals surface area contributed by atoms with Crippen LogP contribution in [0.1, 0.15) is 11.1 Å². The van der Waals surface area contributed by atoms with Crippen LogP contribution < -0.4 is 20.7 Å². The zero-order valence-electron chi connectivity index (χ0n) is 13.8. The number of ether oxygens (including phenoxy) is 2. The van der Waals surface area contributed by atoms with Crippen LogP contribution in [-0.4, -0.2) is 17.9 Å². The number of hydrogen-bond donors (Lipinski definition) is 2. The van der Waals surface area contributed by atoms with E-state index in [0.717, 1.165) is 5.56 Å². The van der Waals surface area contributed by atoms with Crippen molar-refractivity contribution in [2.24, 2.45) is 5.84 Å². The van der Waals surface area contributed by atoms with E-state index in [1.54, 1.807) is 24.3 Å². The summed E-state index contributed by atoms with van der Waals surface area (Å²) < 4.78 is 11.0. The zero-order valence-corrected chi connectivity index (χ0v) is 14.5. The highest BCUT2D eigenvalue weighted by Crippen LogP contribution is 2.37. The lowest BCUT2D eigenvalue weighted by Gasteiger charge is -2.13. The maximum atomic E-state index is 11.2. The largest absolute Gasteiger partial charge is 0.493 e. The number of carbonyl (C=O) groups is 1. The molecule has 0 radical (unpaired) electrons. The normalized spacial score (nSPS) is 10.6.